The Labute approximate surface area is 148 Å². The molecule has 0 bridgehead atoms. The predicted octanol–water partition coefficient (Wildman–Crippen LogP) is 3.99. The minimum atomic E-state index is 0.701. The fourth-order valence-electron chi connectivity index (χ4n) is 2.96. The third kappa shape index (κ3) is 3.95. The van der Waals surface area contributed by atoms with Crippen LogP contribution in [-0.2, 0) is 13.0 Å². The molecule has 124 valence electrons. The minimum Gasteiger partial charge on any atom is -0.362 e. The van der Waals surface area contributed by atoms with Crippen molar-refractivity contribution in [3.05, 3.63) is 70.9 Å². The largest absolute Gasteiger partial charge is 0.362 e. The maximum Gasteiger partial charge on any atom is 0.166 e. The maximum atomic E-state index is 5.37. The van der Waals surface area contributed by atoms with E-state index in [4.69, 9.17) is 12.2 Å². The maximum absolute atomic E-state index is 5.37. The molecule has 0 radical (unpaired) electrons. The van der Waals surface area contributed by atoms with E-state index in [2.05, 4.69) is 59.8 Å². The smallest absolute Gasteiger partial charge is 0.166 e. The van der Waals surface area contributed by atoms with E-state index in [0.29, 0.717) is 5.11 Å². The lowest BCUT2D eigenvalue weighted by Gasteiger charge is -2.11. The summed E-state index contributed by atoms with van der Waals surface area (Å²) in [6, 6.07) is 16.8. The molecule has 3 nitrogen and oxygen atoms in total. The summed E-state index contributed by atoms with van der Waals surface area (Å²) >= 11 is 5.37. The van der Waals surface area contributed by atoms with E-state index in [-0.39, 0.29) is 0 Å². The van der Waals surface area contributed by atoms with E-state index >= 15 is 0 Å². The molecule has 0 saturated carbocycles. The van der Waals surface area contributed by atoms with Crippen molar-refractivity contribution in [2.24, 2.45) is 0 Å². The Morgan fingerprint density at radius 1 is 1.04 bits per heavy atom. The van der Waals surface area contributed by atoms with Crippen LogP contribution < -0.4 is 10.6 Å². The second kappa shape index (κ2) is 7.49. The average molecular weight is 337 g/mol. The number of rotatable bonds is 5. The molecule has 3 rings (SSSR count). The van der Waals surface area contributed by atoms with Gasteiger partial charge in [-0.2, -0.15) is 0 Å². The predicted molar refractivity (Wildman–Crippen MR) is 105 cm³/mol. The Morgan fingerprint density at radius 3 is 2.62 bits per heavy atom. The molecule has 0 atom stereocenters. The average Bonchev–Trinajstić information content (AvgIpc) is 2.89. The number of aromatic nitrogens is 1. The molecule has 2 aromatic carbocycles. The third-order valence-corrected chi connectivity index (χ3v) is 4.52. The number of hydrogen-bond acceptors (Lipinski definition) is 1. The Kier molecular flexibility index (Phi) is 5.16. The topological polar surface area (TPSA) is 39.9 Å². The molecule has 4 heteroatoms. The summed E-state index contributed by atoms with van der Waals surface area (Å²) in [4.78, 5) is 3.46. The monoisotopic (exact) mass is 337 g/mol. The molecule has 3 N–H and O–H groups in total. The van der Waals surface area contributed by atoms with Gasteiger partial charge in [0.05, 0.1) is 0 Å². The molecule has 0 aliphatic heterocycles. The van der Waals surface area contributed by atoms with Gasteiger partial charge >= 0.3 is 0 Å². The first-order valence-electron chi connectivity index (χ1n) is 8.27. The van der Waals surface area contributed by atoms with Crippen molar-refractivity contribution >= 4 is 28.2 Å². The second-order valence-electron chi connectivity index (χ2n) is 6.12. The molecule has 0 fully saturated rings. The van der Waals surface area contributed by atoms with E-state index in [0.717, 1.165) is 19.5 Å². The van der Waals surface area contributed by atoms with Crippen LogP contribution in [0.2, 0.25) is 0 Å². The van der Waals surface area contributed by atoms with Crippen molar-refractivity contribution in [1.29, 1.82) is 0 Å². The van der Waals surface area contributed by atoms with Gasteiger partial charge < -0.3 is 15.6 Å². The number of nitrogens with one attached hydrogen (secondary N) is 3. The Morgan fingerprint density at radius 2 is 1.83 bits per heavy atom. The number of H-pyrrole nitrogens is 1. The highest BCUT2D eigenvalue weighted by Gasteiger charge is 2.08. The number of aryl methyl sites for hydroxylation is 2. The molecular weight excluding hydrogens is 314 g/mol. The van der Waals surface area contributed by atoms with Crippen LogP contribution in [0.15, 0.2) is 48.5 Å². The molecule has 3 aromatic rings. The lowest BCUT2D eigenvalue weighted by Crippen LogP contribution is -2.35. The molecule has 24 heavy (non-hydrogen) atoms. The normalized spacial score (nSPS) is 10.8. The van der Waals surface area contributed by atoms with Crippen molar-refractivity contribution in [1.82, 2.24) is 15.6 Å². The number of aromatic amines is 1. The fourth-order valence-corrected chi connectivity index (χ4v) is 3.13. The zero-order valence-electron chi connectivity index (χ0n) is 14.1. The third-order valence-electron chi connectivity index (χ3n) is 4.23. The lowest BCUT2D eigenvalue weighted by atomic mass is 10.1. The van der Waals surface area contributed by atoms with Crippen LogP contribution >= 0.6 is 12.2 Å². The minimum absolute atomic E-state index is 0.701. The van der Waals surface area contributed by atoms with Gasteiger partial charge in [0, 0.05) is 29.7 Å². The highest BCUT2D eigenvalue weighted by molar-refractivity contribution is 7.80. The van der Waals surface area contributed by atoms with Gasteiger partial charge in [0.2, 0.25) is 0 Å². The van der Waals surface area contributed by atoms with Gasteiger partial charge in [0.25, 0.3) is 0 Å². The highest BCUT2D eigenvalue weighted by atomic mass is 32.1. The summed E-state index contributed by atoms with van der Waals surface area (Å²) in [6.45, 7) is 5.84. The van der Waals surface area contributed by atoms with Crippen LogP contribution in [0.3, 0.4) is 0 Å². The van der Waals surface area contributed by atoms with Crippen molar-refractivity contribution < 1.29 is 0 Å². The van der Waals surface area contributed by atoms with Crippen LogP contribution in [0.5, 0.6) is 0 Å². The first-order valence-corrected chi connectivity index (χ1v) is 8.68. The van der Waals surface area contributed by atoms with Crippen LogP contribution in [0.4, 0.5) is 0 Å². The summed E-state index contributed by atoms with van der Waals surface area (Å²) in [7, 11) is 0. The summed E-state index contributed by atoms with van der Waals surface area (Å²) in [5, 5.41) is 8.58. The Hall–Kier alpha value is -2.33. The number of benzene rings is 2. The van der Waals surface area contributed by atoms with Crippen molar-refractivity contribution in [2.45, 2.75) is 26.8 Å². The highest BCUT2D eigenvalue weighted by Crippen LogP contribution is 2.23. The Balaban J connectivity index is 1.54. The van der Waals surface area contributed by atoms with E-state index < -0.39 is 0 Å². The molecule has 0 aliphatic carbocycles. The van der Waals surface area contributed by atoms with E-state index in [9.17, 15) is 0 Å². The van der Waals surface area contributed by atoms with E-state index in [1.54, 1.807) is 0 Å². The second-order valence-corrected chi connectivity index (χ2v) is 6.53. The van der Waals surface area contributed by atoms with Gasteiger partial charge in [0.15, 0.2) is 5.11 Å². The zero-order valence-corrected chi connectivity index (χ0v) is 15.0. The summed E-state index contributed by atoms with van der Waals surface area (Å²) < 4.78 is 0. The van der Waals surface area contributed by atoms with Gasteiger partial charge in [-0.1, -0.05) is 42.0 Å². The first kappa shape index (κ1) is 16.5. The molecule has 0 amide bonds. The van der Waals surface area contributed by atoms with E-state index in [1.807, 2.05) is 18.2 Å². The van der Waals surface area contributed by atoms with Crippen molar-refractivity contribution in [3.63, 3.8) is 0 Å². The van der Waals surface area contributed by atoms with Gasteiger partial charge in [-0.15, -0.1) is 0 Å². The van der Waals surface area contributed by atoms with Crippen LogP contribution in [0.25, 0.3) is 10.9 Å². The lowest BCUT2D eigenvalue weighted by molar-refractivity contribution is 0.814. The zero-order chi connectivity index (χ0) is 16.9. The van der Waals surface area contributed by atoms with Gasteiger partial charge in [0.1, 0.15) is 0 Å². The number of fused-ring (bicyclic) bond motifs is 1. The molecule has 0 spiro atoms. The quantitative estimate of drug-likeness (QED) is 0.617. The summed E-state index contributed by atoms with van der Waals surface area (Å²) in [5.41, 5.74) is 6.32. The standard InChI is InChI=1S/C20H23N3S/c1-14-8-9-19-18(12-14)17(15(2)23-19)10-11-21-20(24)22-13-16-6-4-3-5-7-16/h3-9,12,23H,10-11,13H2,1-2H3,(H2,21,22,24). The van der Waals surface area contributed by atoms with Crippen molar-refractivity contribution in [2.75, 3.05) is 6.54 Å². The van der Waals surface area contributed by atoms with Crippen LogP contribution in [0.1, 0.15) is 22.4 Å². The molecular formula is C20H23N3S. The van der Waals surface area contributed by atoms with E-state index in [1.165, 1.54) is 33.3 Å². The Bertz CT molecular complexity index is 837. The van der Waals surface area contributed by atoms with Gasteiger partial charge in [-0.3, -0.25) is 0 Å². The molecule has 1 heterocycles. The molecule has 0 aliphatic rings. The summed E-state index contributed by atoms with van der Waals surface area (Å²) in [6.07, 6.45) is 0.947. The van der Waals surface area contributed by atoms with Crippen molar-refractivity contribution in [3.8, 4) is 0 Å². The van der Waals surface area contributed by atoms with Gasteiger partial charge in [-0.25, -0.2) is 0 Å². The summed E-state index contributed by atoms with van der Waals surface area (Å²) in [5.74, 6) is 0. The number of thiocarbonyl (C=S) groups is 1. The first-order chi connectivity index (χ1) is 11.6. The SMILES string of the molecule is Cc1ccc2[nH]c(C)c(CCNC(=S)NCc3ccccc3)c2c1. The fraction of sp³-hybridized carbons (Fsp3) is 0.250. The molecule has 0 saturated heterocycles. The number of hydrogen-bond donors (Lipinski definition) is 3. The van der Waals surface area contributed by atoms with Crippen LogP contribution in [0, 0.1) is 13.8 Å². The molecule has 1 aromatic heterocycles. The van der Waals surface area contributed by atoms with Gasteiger partial charge in [-0.05, 0) is 55.7 Å². The molecule has 0 unspecified atom stereocenters. The van der Waals surface area contributed by atoms with Crippen LogP contribution in [-0.4, -0.2) is 16.6 Å².